The molecule has 0 aliphatic rings. The molecule has 0 saturated carbocycles. The van der Waals surface area contributed by atoms with Crippen LogP contribution in [0.5, 0.6) is 0 Å². The summed E-state index contributed by atoms with van der Waals surface area (Å²) in [5.41, 5.74) is 1.01. The minimum Gasteiger partial charge on any atom is -0.451 e. The second kappa shape index (κ2) is 5.60. The Kier molecular flexibility index (Phi) is 3.81. The highest BCUT2D eigenvalue weighted by molar-refractivity contribution is 6.44. The Morgan fingerprint density at radius 1 is 0.952 bits per heavy atom. The average molecular weight is 341 g/mol. The molecule has 1 heterocycles. The molecule has 3 rings (SSSR count). The number of para-hydroxylation sites is 1. The summed E-state index contributed by atoms with van der Waals surface area (Å²) in [6, 6.07) is 12.0. The molecule has 0 atom stereocenters. The quantitative estimate of drug-likeness (QED) is 0.613. The molecule has 1 amide bonds. The van der Waals surface area contributed by atoms with Crippen LogP contribution in [0.1, 0.15) is 10.6 Å². The van der Waals surface area contributed by atoms with Crippen molar-refractivity contribution in [3.63, 3.8) is 0 Å². The fourth-order valence-electron chi connectivity index (χ4n) is 1.90. The molecule has 106 valence electrons. The maximum absolute atomic E-state index is 12.2. The van der Waals surface area contributed by atoms with E-state index in [1.807, 2.05) is 18.2 Å². The molecule has 0 aliphatic heterocycles. The topological polar surface area (TPSA) is 42.2 Å². The van der Waals surface area contributed by atoms with E-state index < -0.39 is 5.91 Å². The largest absolute Gasteiger partial charge is 0.451 e. The van der Waals surface area contributed by atoms with Crippen molar-refractivity contribution in [1.82, 2.24) is 0 Å². The normalized spacial score (nSPS) is 10.8. The van der Waals surface area contributed by atoms with E-state index in [1.54, 1.807) is 12.1 Å². The van der Waals surface area contributed by atoms with Gasteiger partial charge in [0.1, 0.15) is 5.58 Å². The number of carbonyl (C=O) groups is 1. The zero-order valence-electron chi connectivity index (χ0n) is 10.5. The minimum absolute atomic E-state index is 0.193. The van der Waals surface area contributed by atoms with Gasteiger partial charge in [-0.2, -0.15) is 0 Å². The summed E-state index contributed by atoms with van der Waals surface area (Å²) < 4.78 is 5.48. The van der Waals surface area contributed by atoms with Gasteiger partial charge in [-0.25, -0.2) is 0 Å². The molecule has 2 aromatic carbocycles. The van der Waals surface area contributed by atoms with Gasteiger partial charge in [-0.1, -0.05) is 53.0 Å². The lowest BCUT2D eigenvalue weighted by Gasteiger charge is -2.07. The first-order valence-corrected chi connectivity index (χ1v) is 7.12. The highest BCUT2D eigenvalue weighted by atomic mass is 35.5. The van der Waals surface area contributed by atoms with Crippen molar-refractivity contribution in [2.24, 2.45) is 0 Å². The monoisotopic (exact) mass is 339 g/mol. The summed E-state index contributed by atoms with van der Waals surface area (Å²) in [7, 11) is 0. The SMILES string of the molecule is O=C(Nc1cc(Cl)c(Cl)cc1Cl)c1cc2ccccc2o1. The number of rotatable bonds is 2. The third kappa shape index (κ3) is 2.86. The molecule has 0 unspecified atom stereocenters. The van der Waals surface area contributed by atoms with E-state index in [1.165, 1.54) is 12.1 Å². The van der Waals surface area contributed by atoms with Crippen LogP contribution in [0.3, 0.4) is 0 Å². The number of hydrogen-bond donors (Lipinski definition) is 1. The van der Waals surface area contributed by atoms with Gasteiger partial charge in [0.2, 0.25) is 0 Å². The minimum atomic E-state index is -0.411. The molecule has 21 heavy (non-hydrogen) atoms. The molecule has 0 spiro atoms. The summed E-state index contributed by atoms with van der Waals surface area (Å²) in [6.45, 7) is 0. The van der Waals surface area contributed by atoms with Gasteiger partial charge in [-0.3, -0.25) is 4.79 Å². The maximum Gasteiger partial charge on any atom is 0.291 e. The van der Waals surface area contributed by atoms with Crippen LogP contribution >= 0.6 is 34.8 Å². The van der Waals surface area contributed by atoms with E-state index in [9.17, 15) is 4.79 Å². The van der Waals surface area contributed by atoms with Gasteiger partial charge >= 0.3 is 0 Å². The Balaban J connectivity index is 1.91. The molecular weight excluding hydrogens is 333 g/mol. The summed E-state index contributed by atoms with van der Waals surface area (Å²) >= 11 is 17.8. The van der Waals surface area contributed by atoms with Gasteiger partial charge in [0, 0.05) is 5.39 Å². The molecule has 1 aromatic heterocycles. The van der Waals surface area contributed by atoms with Crippen LogP contribution < -0.4 is 5.32 Å². The smallest absolute Gasteiger partial charge is 0.291 e. The van der Waals surface area contributed by atoms with Crippen LogP contribution in [-0.2, 0) is 0 Å². The lowest BCUT2D eigenvalue weighted by molar-refractivity contribution is 0.0998. The summed E-state index contributed by atoms with van der Waals surface area (Å²) in [5.74, 6) is -0.218. The van der Waals surface area contributed by atoms with Crippen LogP contribution in [0, 0.1) is 0 Å². The van der Waals surface area contributed by atoms with Crippen molar-refractivity contribution in [2.75, 3.05) is 5.32 Å². The van der Waals surface area contributed by atoms with E-state index in [4.69, 9.17) is 39.2 Å². The van der Waals surface area contributed by atoms with E-state index in [2.05, 4.69) is 5.32 Å². The number of benzene rings is 2. The summed E-state index contributed by atoms with van der Waals surface area (Å²) in [4.78, 5) is 12.2. The fourth-order valence-corrected chi connectivity index (χ4v) is 2.49. The predicted molar refractivity (Wildman–Crippen MR) is 85.6 cm³/mol. The average Bonchev–Trinajstić information content (AvgIpc) is 2.88. The van der Waals surface area contributed by atoms with Crippen LogP contribution in [0.4, 0.5) is 5.69 Å². The van der Waals surface area contributed by atoms with E-state index in [-0.39, 0.29) is 5.76 Å². The Morgan fingerprint density at radius 2 is 1.67 bits per heavy atom. The molecule has 0 radical (unpaired) electrons. The molecule has 3 nitrogen and oxygen atoms in total. The van der Waals surface area contributed by atoms with Crippen molar-refractivity contribution >= 4 is 57.4 Å². The van der Waals surface area contributed by atoms with Gasteiger partial charge in [-0.15, -0.1) is 0 Å². The first-order valence-electron chi connectivity index (χ1n) is 5.99. The zero-order chi connectivity index (χ0) is 15.0. The Hall–Kier alpha value is -1.68. The van der Waals surface area contributed by atoms with Gasteiger partial charge in [-0.05, 0) is 24.3 Å². The molecule has 3 aromatic rings. The number of nitrogens with one attached hydrogen (secondary N) is 1. The lowest BCUT2D eigenvalue weighted by Crippen LogP contribution is -2.11. The number of furan rings is 1. The van der Waals surface area contributed by atoms with Crippen molar-refractivity contribution < 1.29 is 9.21 Å². The summed E-state index contributed by atoms with van der Waals surface area (Å²) in [5, 5.41) is 4.43. The highest BCUT2D eigenvalue weighted by Gasteiger charge is 2.15. The Labute approximate surface area is 135 Å². The van der Waals surface area contributed by atoms with Crippen LogP contribution in [0.15, 0.2) is 46.9 Å². The van der Waals surface area contributed by atoms with Crippen molar-refractivity contribution in [2.45, 2.75) is 0 Å². The Morgan fingerprint density at radius 3 is 2.43 bits per heavy atom. The molecular formula is C15H8Cl3NO2. The molecule has 0 saturated heterocycles. The van der Waals surface area contributed by atoms with E-state index >= 15 is 0 Å². The molecule has 0 bridgehead atoms. The molecule has 6 heteroatoms. The zero-order valence-corrected chi connectivity index (χ0v) is 12.8. The molecule has 0 fully saturated rings. The van der Waals surface area contributed by atoms with Crippen molar-refractivity contribution in [1.29, 1.82) is 0 Å². The van der Waals surface area contributed by atoms with Gasteiger partial charge in [0.25, 0.3) is 5.91 Å². The second-order valence-corrected chi connectivity index (χ2v) is 5.57. The first-order chi connectivity index (χ1) is 10.0. The first kappa shape index (κ1) is 14.3. The number of hydrogen-bond acceptors (Lipinski definition) is 2. The van der Waals surface area contributed by atoms with E-state index in [0.717, 1.165) is 5.39 Å². The lowest BCUT2D eigenvalue weighted by atomic mass is 10.2. The van der Waals surface area contributed by atoms with Crippen LogP contribution in [-0.4, -0.2) is 5.91 Å². The number of amides is 1. The number of fused-ring (bicyclic) bond motifs is 1. The number of carbonyl (C=O) groups excluding carboxylic acids is 1. The number of halogens is 3. The second-order valence-electron chi connectivity index (χ2n) is 4.35. The van der Waals surface area contributed by atoms with Gasteiger partial charge in [0.15, 0.2) is 5.76 Å². The predicted octanol–water partition coefficient (Wildman–Crippen LogP) is 5.65. The highest BCUT2D eigenvalue weighted by Crippen LogP contribution is 2.32. The molecule has 1 N–H and O–H groups in total. The van der Waals surface area contributed by atoms with Crippen LogP contribution in [0.25, 0.3) is 11.0 Å². The van der Waals surface area contributed by atoms with Gasteiger partial charge < -0.3 is 9.73 Å². The third-order valence-electron chi connectivity index (χ3n) is 2.91. The van der Waals surface area contributed by atoms with E-state index in [0.29, 0.717) is 26.3 Å². The Bertz CT molecular complexity index is 809. The van der Waals surface area contributed by atoms with Crippen LogP contribution in [0.2, 0.25) is 15.1 Å². The fraction of sp³-hybridized carbons (Fsp3) is 0. The summed E-state index contributed by atoms with van der Waals surface area (Å²) in [6.07, 6.45) is 0. The molecule has 0 aliphatic carbocycles. The third-order valence-corrected chi connectivity index (χ3v) is 3.94. The maximum atomic E-state index is 12.2. The number of anilines is 1. The van der Waals surface area contributed by atoms with Crippen molar-refractivity contribution in [3.8, 4) is 0 Å². The van der Waals surface area contributed by atoms with Crippen molar-refractivity contribution in [3.05, 3.63) is 63.3 Å². The van der Waals surface area contributed by atoms with Gasteiger partial charge in [0.05, 0.1) is 20.8 Å². The standard InChI is InChI=1S/C15H8Cl3NO2/c16-9-6-11(18)12(7-10(9)17)19-15(20)14-5-8-3-1-2-4-13(8)21-14/h1-7H,(H,19,20).